The van der Waals surface area contributed by atoms with Crippen LogP contribution in [0.1, 0.15) is 45.7 Å². The summed E-state index contributed by atoms with van der Waals surface area (Å²) in [6.45, 7) is 9.90. The van der Waals surface area contributed by atoms with Crippen molar-refractivity contribution >= 4 is 0 Å². The summed E-state index contributed by atoms with van der Waals surface area (Å²) in [4.78, 5) is 0. The van der Waals surface area contributed by atoms with E-state index in [0.29, 0.717) is 12.6 Å². The van der Waals surface area contributed by atoms with Gasteiger partial charge in [-0.3, -0.25) is 4.68 Å². The quantitative estimate of drug-likeness (QED) is 0.764. The summed E-state index contributed by atoms with van der Waals surface area (Å²) in [6.07, 6.45) is 4.69. The molecule has 0 bridgehead atoms. The van der Waals surface area contributed by atoms with E-state index < -0.39 is 0 Å². The lowest BCUT2D eigenvalue weighted by Crippen LogP contribution is -2.22. The lowest BCUT2D eigenvalue weighted by Gasteiger charge is -2.14. The van der Waals surface area contributed by atoms with Gasteiger partial charge in [-0.25, -0.2) is 0 Å². The first-order valence-electron chi connectivity index (χ1n) is 6.48. The highest BCUT2D eigenvalue weighted by molar-refractivity contribution is 5.09. The standard InChI is InChI=1S/C13H25N3O/c1-5-6-14-11(4)12-7-15-16(8-12)9-13(17)10(2)3/h7-8,10-11,13-14,17H,5-6,9H2,1-4H3. The first-order chi connectivity index (χ1) is 8.04. The Hall–Kier alpha value is -0.870. The fourth-order valence-electron chi connectivity index (χ4n) is 1.58. The monoisotopic (exact) mass is 239 g/mol. The molecule has 0 spiro atoms. The summed E-state index contributed by atoms with van der Waals surface area (Å²) in [7, 11) is 0. The molecule has 0 saturated heterocycles. The molecule has 0 aromatic carbocycles. The predicted octanol–water partition coefficient (Wildman–Crippen LogP) is 1.96. The molecule has 0 saturated carbocycles. The van der Waals surface area contributed by atoms with Gasteiger partial charge in [0.1, 0.15) is 0 Å². The van der Waals surface area contributed by atoms with E-state index in [4.69, 9.17) is 0 Å². The smallest absolute Gasteiger partial charge is 0.0758 e. The van der Waals surface area contributed by atoms with Gasteiger partial charge >= 0.3 is 0 Å². The van der Waals surface area contributed by atoms with Crippen molar-refractivity contribution in [3.05, 3.63) is 18.0 Å². The Labute approximate surface area is 104 Å². The van der Waals surface area contributed by atoms with Gasteiger partial charge < -0.3 is 10.4 Å². The maximum absolute atomic E-state index is 9.79. The summed E-state index contributed by atoms with van der Waals surface area (Å²) in [5.41, 5.74) is 1.18. The molecule has 0 radical (unpaired) electrons. The number of aliphatic hydroxyl groups excluding tert-OH is 1. The van der Waals surface area contributed by atoms with Crippen molar-refractivity contribution in [1.29, 1.82) is 0 Å². The second-order valence-corrected chi connectivity index (χ2v) is 4.98. The summed E-state index contributed by atoms with van der Waals surface area (Å²) in [5.74, 6) is 0.262. The van der Waals surface area contributed by atoms with Crippen LogP contribution in [-0.4, -0.2) is 27.5 Å². The van der Waals surface area contributed by atoms with Gasteiger partial charge in [0.2, 0.25) is 0 Å². The maximum Gasteiger partial charge on any atom is 0.0758 e. The van der Waals surface area contributed by atoms with E-state index in [1.807, 2.05) is 30.9 Å². The molecule has 1 aromatic rings. The fourth-order valence-corrected chi connectivity index (χ4v) is 1.58. The zero-order valence-electron chi connectivity index (χ0n) is 11.3. The van der Waals surface area contributed by atoms with Crippen molar-refractivity contribution in [3.63, 3.8) is 0 Å². The molecule has 0 aliphatic rings. The van der Waals surface area contributed by atoms with Gasteiger partial charge in [0.05, 0.1) is 18.8 Å². The molecule has 4 nitrogen and oxygen atoms in total. The third-order valence-corrected chi connectivity index (χ3v) is 3.00. The lowest BCUT2D eigenvalue weighted by molar-refractivity contribution is 0.103. The highest BCUT2D eigenvalue weighted by Crippen LogP contribution is 2.12. The van der Waals surface area contributed by atoms with Crippen LogP contribution >= 0.6 is 0 Å². The zero-order chi connectivity index (χ0) is 12.8. The largest absolute Gasteiger partial charge is 0.391 e. The van der Waals surface area contributed by atoms with Crippen molar-refractivity contribution in [3.8, 4) is 0 Å². The summed E-state index contributed by atoms with van der Waals surface area (Å²) in [6, 6.07) is 0.319. The van der Waals surface area contributed by atoms with Gasteiger partial charge in [-0.2, -0.15) is 5.10 Å². The van der Waals surface area contributed by atoms with Gasteiger partial charge in [0, 0.05) is 17.8 Å². The second-order valence-electron chi connectivity index (χ2n) is 4.98. The van der Waals surface area contributed by atoms with Crippen LogP contribution in [0, 0.1) is 5.92 Å². The summed E-state index contributed by atoms with van der Waals surface area (Å²) in [5, 5.41) is 17.5. The second kappa shape index (κ2) is 6.77. The number of nitrogens with zero attached hydrogens (tertiary/aromatic N) is 2. The molecule has 0 aliphatic heterocycles. The van der Waals surface area contributed by atoms with E-state index >= 15 is 0 Å². The number of nitrogens with one attached hydrogen (secondary N) is 1. The third-order valence-electron chi connectivity index (χ3n) is 3.00. The molecule has 1 aromatic heterocycles. The van der Waals surface area contributed by atoms with Crippen LogP contribution in [-0.2, 0) is 6.54 Å². The van der Waals surface area contributed by atoms with Crippen molar-refractivity contribution in [2.75, 3.05) is 6.54 Å². The molecule has 2 unspecified atom stereocenters. The van der Waals surface area contributed by atoms with Crippen molar-refractivity contribution in [2.24, 2.45) is 5.92 Å². The number of hydrogen-bond acceptors (Lipinski definition) is 3. The molecule has 0 aliphatic carbocycles. The number of rotatable bonds is 7. The van der Waals surface area contributed by atoms with Gasteiger partial charge in [-0.15, -0.1) is 0 Å². The fraction of sp³-hybridized carbons (Fsp3) is 0.769. The minimum Gasteiger partial charge on any atom is -0.391 e. The molecule has 4 heteroatoms. The summed E-state index contributed by atoms with van der Waals surface area (Å²) >= 11 is 0. The first kappa shape index (κ1) is 14.2. The SMILES string of the molecule is CCCNC(C)c1cnn(CC(O)C(C)C)c1. The van der Waals surface area contributed by atoms with Crippen LogP contribution in [0.25, 0.3) is 0 Å². The van der Waals surface area contributed by atoms with E-state index in [0.717, 1.165) is 13.0 Å². The van der Waals surface area contributed by atoms with Gasteiger partial charge in [-0.05, 0) is 25.8 Å². The normalized spacial score (nSPS) is 15.2. The molecule has 0 amide bonds. The van der Waals surface area contributed by atoms with Gasteiger partial charge in [0.25, 0.3) is 0 Å². The van der Waals surface area contributed by atoms with E-state index in [9.17, 15) is 5.11 Å². The summed E-state index contributed by atoms with van der Waals surface area (Å²) < 4.78 is 1.82. The van der Waals surface area contributed by atoms with Crippen LogP contribution in [0.2, 0.25) is 0 Å². The highest BCUT2D eigenvalue weighted by Gasteiger charge is 2.12. The molecule has 2 N–H and O–H groups in total. The Morgan fingerprint density at radius 2 is 2.12 bits per heavy atom. The van der Waals surface area contributed by atoms with Crippen LogP contribution < -0.4 is 5.32 Å². The minimum absolute atomic E-state index is 0.262. The molecule has 0 fully saturated rings. The van der Waals surface area contributed by atoms with Crippen molar-refractivity contribution < 1.29 is 5.11 Å². The third kappa shape index (κ3) is 4.48. The Bertz CT molecular complexity index is 322. The molecule has 2 atom stereocenters. The molecular formula is C13H25N3O. The number of hydrogen-bond donors (Lipinski definition) is 2. The maximum atomic E-state index is 9.79. The van der Waals surface area contributed by atoms with Crippen LogP contribution in [0.3, 0.4) is 0 Å². The topological polar surface area (TPSA) is 50.1 Å². The molecule has 1 heterocycles. The van der Waals surface area contributed by atoms with Crippen LogP contribution in [0.4, 0.5) is 0 Å². The van der Waals surface area contributed by atoms with Crippen LogP contribution in [0.5, 0.6) is 0 Å². The highest BCUT2D eigenvalue weighted by atomic mass is 16.3. The zero-order valence-corrected chi connectivity index (χ0v) is 11.3. The number of aliphatic hydroxyl groups is 1. The van der Waals surface area contributed by atoms with Gasteiger partial charge in [-0.1, -0.05) is 20.8 Å². The van der Waals surface area contributed by atoms with Crippen LogP contribution in [0.15, 0.2) is 12.4 Å². The average Bonchev–Trinajstić information content (AvgIpc) is 2.74. The van der Waals surface area contributed by atoms with E-state index in [1.54, 1.807) is 0 Å². The van der Waals surface area contributed by atoms with Crippen molar-refractivity contribution in [1.82, 2.24) is 15.1 Å². The Morgan fingerprint density at radius 1 is 1.41 bits per heavy atom. The first-order valence-corrected chi connectivity index (χ1v) is 6.48. The van der Waals surface area contributed by atoms with E-state index in [-0.39, 0.29) is 12.0 Å². The predicted molar refractivity (Wildman–Crippen MR) is 69.8 cm³/mol. The van der Waals surface area contributed by atoms with Gasteiger partial charge in [0.15, 0.2) is 0 Å². The van der Waals surface area contributed by atoms with E-state index in [2.05, 4.69) is 24.3 Å². The Morgan fingerprint density at radius 3 is 2.71 bits per heavy atom. The molecule has 1 rings (SSSR count). The lowest BCUT2D eigenvalue weighted by atomic mass is 10.1. The molecule has 17 heavy (non-hydrogen) atoms. The Balaban J connectivity index is 2.52. The molecular weight excluding hydrogens is 214 g/mol. The average molecular weight is 239 g/mol. The number of aromatic nitrogens is 2. The molecule has 98 valence electrons. The Kier molecular flexibility index (Phi) is 5.65. The minimum atomic E-state index is -0.332. The van der Waals surface area contributed by atoms with Crippen molar-refractivity contribution in [2.45, 2.75) is 52.8 Å². The van der Waals surface area contributed by atoms with E-state index in [1.165, 1.54) is 5.56 Å².